The van der Waals surface area contributed by atoms with E-state index in [1.54, 1.807) is 11.3 Å². The first kappa shape index (κ1) is 15.1. The Balaban J connectivity index is 2.18. The third kappa shape index (κ3) is 3.62. The van der Waals surface area contributed by atoms with Crippen molar-refractivity contribution in [1.82, 2.24) is 0 Å². The summed E-state index contributed by atoms with van der Waals surface area (Å²) in [6, 6.07) is 12.5. The van der Waals surface area contributed by atoms with Crippen LogP contribution < -0.4 is 5.32 Å². The standard InChI is InChI=1S/C17H23NOS/c1-12-6-5-7-13(10-12)18-14(11-19)15-8-9-16(20-15)17(2,3)4/h5-10,14,18-19H,11H2,1-4H3. The Bertz CT molecular complexity index is 568. The number of anilines is 1. The summed E-state index contributed by atoms with van der Waals surface area (Å²) < 4.78 is 0. The van der Waals surface area contributed by atoms with E-state index in [2.05, 4.69) is 57.3 Å². The van der Waals surface area contributed by atoms with Gasteiger partial charge in [-0.2, -0.15) is 0 Å². The van der Waals surface area contributed by atoms with Crippen LogP contribution >= 0.6 is 11.3 Å². The van der Waals surface area contributed by atoms with Crippen molar-refractivity contribution < 1.29 is 5.11 Å². The molecule has 2 N–H and O–H groups in total. The van der Waals surface area contributed by atoms with E-state index in [0.29, 0.717) is 0 Å². The quantitative estimate of drug-likeness (QED) is 0.868. The van der Waals surface area contributed by atoms with Crippen molar-refractivity contribution in [3.05, 3.63) is 51.7 Å². The number of hydrogen-bond acceptors (Lipinski definition) is 3. The van der Waals surface area contributed by atoms with Crippen molar-refractivity contribution in [2.45, 2.75) is 39.2 Å². The molecule has 0 bridgehead atoms. The number of aliphatic hydroxyl groups is 1. The summed E-state index contributed by atoms with van der Waals surface area (Å²) >= 11 is 1.77. The summed E-state index contributed by atoms with van der Waals surface area (Å²) in [5.41, 5.74) is 2.43. The summed E-state index contributed by atoms with van der Waals surface area (Å²) in [5.74, 6) is 0. The number of aryl methyl sites for hydroxylation is 1. The van der Waals surface area contributed by atoms with Gasteiger partial charge in [-0.15, -0.1) is 11.3 Å². The summed E-state index contributed by atoms with van der Waals surface area (Å²) in [7, 11) is 0. The molecular weight excluding hydrogens is 266 g/mol. The molecule has 2 nitrogen and oxygen atoms in total. The summed E-state index contributed by atoms with van der Waals surface area (Å²) in [6.45, 7) is 8.81. The molecule has 1 aromatic heterocycles. The average Bonchev–Trinajstić information content (AvgIpc) is 2.85. The van der Waals surface area contributed by atoms with Crippen LogP contribution in [0.25, 0.3) is 0 Å². The number of benzene rings is 1. The lowest BCUT2D eigenvalue weighted by molar-refractivity contribution is 0.278. The van der Waals surface area contributed by atoms with Gasteiger partial charge in [0.1, 0.15) is 0 Å². The lowest BCUT2D eigenvalue weighted by Gasteiger charge is -2.18. The molecule has 108 valence electrons. The predicted octanol–water partition coefficient (Wildman–Crippen LogP) is 4.50. The number of aliphatic hydroxyl groups excluding tert-OH is 1. The summed E-state index contributed by atoms with van der Waals surface area (Å²) in [5, 5.41) is 13.1. The average molecular weight is 289 g/mol. The fourth-order valence-corrected chi connectivity index (χ4v) is 3.19. The highest BCUT2D eigenvalue weighted by Crippen LogP contribution is 2.33. The molecule has 0 fully saturated rings. The van der Waals surface area contributed by atoms with Gasteiger partial charge < -0.3 is 10.4 Å². The van der Waals surface area contributed by atoms with E-state index < -0.39 is 0 Å². The minimum absolute atomic E-state index is 0.0436. The molecule has 2 rings (SSSR count). The van der Waals surface area contributed by atoms with E-state index in [1.807, 2.05) is 12.1 Å². The Morgan fingerprint density at radius 2 is 1.95 bits per heavy atom. The fourth-order valence-electron chi connectivity index (χ4n) is 2.09. The zero-order valence-electron chi connectivity index (χ0n) is 12.6. The second-order valence-corrected chi connectivity index (χ2v) is 7.32. The van der Waals surface area contributed by atoms with Gasteiger partial charge in [-0.1, -0.05) is 32.9 Å². The molecule has 0 saturated carbocycles. The van der Waals surface area contributed by atoms with E-state index in [4.69, 9.17) is 0 Å². The largest absolute Gasteiger partial charge is 0.394 e. The van der Waals surface area contributed by atoms with Crippen LogP contribution in [0.4, 0.5) is 5.69 Å². The molecular formula is C17H23NOS. The van der Waals surface area contributed by atoms with Gasteiger partial charge in [-0.3, -0.25) is 0 Å². The van der Waals surface area contributed by atoms with E-state index in [0.717, 1.165) is 5.69 Å². The highest BCUT2D eigenvalue weighted by Gasteiger charge is 2.19. The summed E-state index contributed by atoms with van der Waals surface area (Å²) in [6.07, 6.45) is 0. The Kier molecular flexibility index (Phi) is 4.51. The number of rotatable bonds is 4. The molecule has 20 heavy (non-hydrogen) atoms. The molecule has 0 aliphatic heterocycles. The number of nitrogens with one attached hydrogen (secondary N) is 1. The molecule has 0 saturated heterocycles. The minimum Gasteiger partial charge on any atom is -0.394 e. The molecule has 2 aromatic rings. The second kappa shape index (κ2) is 5.98. The van der Waals surface area contributed by atoms with Crippen molar-refractivity contribution >= 4 is 17.0 Å². The van der Waals surface area contributed by atoms with E-state index in [-0.39, 0.29) is 18.1 Å². The van der Waals surface area contributed by atoms with Gasteiger partial charge in [0.25, 0.3) is 0 Å². The van der Waals surface area contributed by atoms with Crippen LogP contribution in [-0.2, 0) is 5.41 Å². The van der Waals surface area contributed by atoms with Gasteiger partial charge in [-0.05, 0) is 42.2 Å². The lowest BCUT2D eigenvalue weighted by atomic mass is 9.95. The maximum absolute atomic E-state index is 9.67. The van der Waals surface area contributed by atoms with Crippen molar-refractivity contribution in [1.29, 1.82) is 0 Å². The van der Waals surface area contributed by atoms with Gasteiger partial charge in [-0.25, -0.2) is 0 Å². The minimum atomic E-state index is -0.0436. The zero-order chi connectivity index (χ0) is 14.8. The monoisotopic (exact) mass is 289 g/mol. The van der Waals surface area contributed by atoms with Gasteiger partial charge >= 0.3 is 0 Å². The Labute approximate surface area is 125 Å². The molecule has 1 unspecified atom stereocenters. The van der Waals surface area contributed by atoms with Crippen LogP contribution in [-0.4, -0.2) is 11.7 Å². The second-order valence-electron chi connectivity index (χ2n) is 6.20. The van der Waals surface area contributed by atoms with Crippen LogP contribution in [0.15, 0.2) is 36.4 Å². The maximum atomic E-state index is 9.67. The Morgan fingerprint density at radius 3 is 2.50 bits per heavy atom. The highest BCUT2D eigenvalue weighted by atomic mass is 32.1. The van der Waals surface area contributed by atoms with E-state index in [1.165, 1.54) is 15.3 Å². The van der Waals surface area contributed by atoms with Crippen LogP contribution in [0.3, 0.4) is 0 Å². The van der Waals surface area contributed by atoms with Crippen LogP contribution in [0.1, 0.15) is 42.1 Å². The van der Waals surface area contributed by atoms with Gasteiger partial charge in [0.05, 0.1) is 12.6 Å². The maximum Gasteiger partial charge on any atom is 0.0837 e. The molecule has 0 radical (unpaired) electrons. The topological polar surface area (TPSA) is 32.3 Å². The highest BCUT2D eigenvalue weighted by molar-refractivity contribution is 7.12. The normalized spacial score (nSPS) is 13.2. The fraction of sp³-hybridized carbons (Fsp3) is 0.412. The van der Waals surface area contributed by atoms with Crippen LogP contribution in [0.5, 0.6) is 0 Å². The molecule has 1 aromatic carbocycles. The first-order valence-corrected chi connectivity index (χ1v) is 7.76. The number of thiophene rings is 1. The van der Waals surface area contributed by atoms with E-state index in [9.17, 15) is 5.11 Å². The van der Waals surface area contributed by atoms with Crippen molar-refractivity contribution in [2.24, 2.45) is 0 Å². The Morgan fingerprint density at radius 1 is 1.20 bits per heavy atom. The van der Waals surface area contributed by atoms with Crippen LogP contribution in [0.2, 0.25) is 0 Å². The molecule has 0 spiro atoms. The lowest BCUT2D eigenvalue weighted by Crippen LogP contribution is -2.13. The molecule has 0 aliphatic rings. The molecule has 1 heterocycles. The van der Waals surface area contributed by atoms with Gasteiger partial charge in [0.2, 0.25) is 0 Å². The first-order valence-electron chi connectivity index (χ1n) is 6.94. The van der Waals surface area contributed by atoms with Crippen LogP contribution in [0, 0.1) is 6.92 Å². The first-order chi connectivity index (χ1) is 9.40. The Hall–Kier alpha value is -1.32. The smallest absolute Gasteiger partial charge is 0.0837 e. The van der Waals surface area contributed by atoms with Crippen molar-refractivity contribution in [2.75, 3.05) is 11.9 Å². The third-order valence-corrected chi connectivity index (χ3v) is 4.88. The molecule has 1 atom stereocenters. The zero-order valence-corrected chi connectivity index (χ0v) is 13.4. The molecule has 3 heteroatoms. The van der Waals surface area contributed by atoms with E-state index >= 15 is 0 Å². The predicted molar refractivity (Wildman–Crippen MR) is 87.6 cm³/mol. The molecule has 0 aliphatic carbocycles. The number of hydrogen-bond donors (Lipinski definition) is 2. The SMILES string of the molecule is Cc1cccc(NC(CO)c2ccc(C(C)(C)C)s2)c1. The summed E-state index contributed by atoms with van der Waals surface area (Å²) in [4.78, 5) is 2.52. The third-order valence-electron chi connectivity index (χ3n) is 3.25. The molecule has 0 amide bonds. The van der Waals surface area contributed by atoms with Gasteiger partial charge in [0, 0.05) is 15.4 Å². The van der Waals surface area contributed by atoms with Gasteiger partial charge in [0.15, 0.2) is 0 Å². The van der Waals surface area contributed by atoms with Crippen molar-refractivity contribution in [3.8, 4) is 0 Å². The van der Waals surface area contributed by atoms with Crippen molar-refractivity contribution in [3.63, 3.8) is 0 Å².